The van der Waals surface area contributed by atoms with Gasteiger partial charge in [-0.3, -0.25) is 0 Å². The van der Waals surface area contributed by atoms with Crippen molar-refractivity contribution in [2.75, 3.05) is 12.4 Å². The summed E-state index contributed by atoms with van der Waals surface area (Å²) in [5, 5.41) is 3.13. The molecule has 0 saturated carbocycles. The molecule has 136 valence electrons. The first-order valence-electron chi connectivity index (χ1n) is 8.07. The lowest BCUT2D eigenvalue weighted by Gasteiger charge is -2.07. The van der Waals surface area contributed by atoms with E-state index < -0.39 is 5.97 Å². The molecule has 3 aromatic rings. The number of aromatic nitrogens is 2. The zero-order chi connectivity index (χ0) is 19.2. The third-order valence-corrected chi connectivity index (χ3v) is 3.69. The van der Waals surface area contributed by atoms with Crippen LogP contribution >= 0.6 is 0 Å². The number of nitrogens with one attached hydrogen (secondary N) is 1. The molecule has 2 aromatic heterocycles. The number of nitrogens with zero attached hydrogens (tertiary/aromatic N) is 2. The maximum Gasteiger partial charge on any atom is 0.373 e. The van der Waals surface area contributed by atoms with Crippen molar-refractivity contribution in [3.63, 3.8) is 0 Å². The Hall–Kier alpha value is -3.66. The fourth-order valence-electron chi connectivity index (χ4n) is 2.28. The van der Waals surface area contributed by atoms with Crippen molar-refractivity contribution in [2.45, 2.75) is 13.5 Å². The number of anilines is 1. The van der Waals surface area contributed by atoms with Gasteiger partial charge in [0.05, 0.1) is 24.9 Å². The maximum atomic E-state index is 13.0. The average Bonchev–Trinajstić information content (AvgIpc) is 3.15. The summed E-state index contributed by atoms with van der Waals surface area (Å²) >= 11 is 0. The van der Waals surface area contributed by atoms with Gasteiger partial charge in [0.25, 0.3) is 0 Å². The highest BCUT2D eigenvalue weighted by Gasteiger charge is 2.12. The molecule has 0 radical (unpaired) electrons. The molecule has 1 aromatic carbocycles. The van der Waals surface area contributed by atoms with Crippen molar-refractivity contribution in [1.82, 2.24) is 9.97 Å². The maximum absolute atomic E-state index is 13.0. The van der Waals surface area contributed by atoms with Gasteiger partial charge in [0.2, 0.25) is 5.76 Å². The number of hydrogen-bond acceptors (Lipinski definition) is 6. The molecule has 0 aliphatic carbocycles. The Morgan fingerprint density at radius 3 is 2.70 bits per heavy atom. The number of carbonyl (C=O) groups excluding carboxylic acids is 1. The van der Waals surface area contributed by atoms with E-state index in [1.165, 1.54) is 25.6 Å². The molecule has 0 amide bonds. The summed E-state index contributed by atoms with van der Waals surface area (Å²) in [4.78, 5) is 19.8. The molecule has 3 rings (SSSR count). The highest BCUT2D eigenvalue weighted by Crippen LogP contribution is 2.16. The number of halogens is 1. The van der Waals surface area contributed by atoms with Crippen LogP contribution in [0.3, 0.4) is 0 Å². The van der Waals surface area contributed by atoms with Crippen LogP contribution in [0.2, 0.25) is 0 Å². The number of hydrogen-bond donors (Lipinski definition) is 1. The van der Waals surface area contributed by atoms with Crippen molar-refractivity contribution in [3.05, 3.63) is 76.9 Å². The second kappa shape index (κ2) is 8.15. The molecule has 6 nitrogen and oxygen atoms in total. The van der Waals surface area contributed by atoms with Crippen LogP contribution in [-0.2, 0) is 11.3 Å². The summed E-state index contributed by atoms with van der Waals surface area (Å²) in [5.41, 5.74) is 2.01. The third kappa shape index (κ3) is 4.50. The summed E-state index contributed by atoms with van der Waals surface area (Å²) in [5.74, 6) is 6.35. The first-order valence-corrected chi connectivity index (χ1v) is 8.07. The summed E-state index contributed by atoms with van der Waals surface area (Å²) in [6.07, 6.45) is 1.43. The highest BCUT2D eigenvalue weighted by atomic mass is 19.1. The van der Waals surface area contributed by atoms with Crippen molar-refractivity contribution in [2.24, 2.45) is 0 Å². The number of rotatable bonds is 4. The van der Waals surface area contributed by atoms with E-state index in [0.29, 0.717) is 34.9 Å². The topological polar surface area (TPSA) is 77.2 Å². The van der Waals surface area contributed by atoms with Crippen LogP contribution in [0.25, 0.3) is 0 Å². The summed E-state index contributed by atoms with van der Waals surface area (Å²) < 4.78 is 23.0. The van der Waals surface area contributed by atoms with Crippen molar-refractivity contribution < 1.29 is 18.3 Å². The van der Waals surface area contributed by atoms with Gasteiger partial charge in [-0.25, -0.2) is 19.2 Å². The first-order chi connectivity index (χ1) is 13.1. The second-order valence-corrected chi connectivity index (χ2v) is 5.55. The van der Waals surface area contributed by atoms with Gasteiger partial charge in [-0.05, 0) is 43.3 Å². The number of carbonyl (C=O) groups is 1. The van der Waals surface area contributed by atoms with Crippen molar-refractivity contribution in [1.29, 1.82) is 0 Å². The van der Waals surface area contributed by atoms with E-state index in [4.69, 9.17) is 4.42 Å². The molecular formula is C20H16FN3O3. The number of methoxy groups -OCH3 is 1. The summed E-state index contributed by atoms with van der Waals surface area (Å²) in [6, 6.07) is 9.14. The number of benzene rings is 1. The fourth-order valence-corrected chi connectivity index (χ4v) is 2.28. The van der Waals surface area contributed by atoms with Gasteiger partial charge in [-0.15, -0.1) is 0 Å². The SMILES string of the molecule is COC(=O)c1ccc(CNc2ncnc(C)c2C#Cc2ccc(F)cc2)o1. The third-order valence-electron chi connectivity index (χ3n) is 3.69. The molecule has 2 heterocycles. The number of ether oxygens (including phenoxy) is 1. The smallest absolute Gasteiger partial charge is 0.373 e. The molecule has 0 spiro atoms. The predicted molar refractivity (Wildman–Crippen MR) is 96.5 cm³/mol. The minimum atomic E-state index is -0.537. The Labute approximate surface area is 155 Å². The molecule has 7 heteroatoms. The van der Waals surface area contributed by atoms with E-state index in [2.05, 4.69) is 31.9 Å². The Morgan fingerprint density at radius 2 is 1.96 bits per heavy atom. The normalized spacial score (nSPS) is 10.0. The summed E-state index contributed by atoms with van der Waals surface area (Å²) in [6.45, 7) is 2.13. The van der Waals surface area contributed by atoms with E-state index in [-0.39, 0.29) is 11.6 Å². The number of esters is 1. The van der Waals surface area contributed by atoms with E-state index >= 15 is 0 Å². The van der Waals surface area contributed by atoms with E-state index in [9.17, 15) is 9.18 Å². The Bertz CT molecular complexity index is 1020. The number of aryl methyl sites for hydroxylation is 1. The molecule has 0 bridgehead atoms. The minimum absolute atomic E-state index is 0.129. The predicted octanol–water partition coefficient (Wildman–Crippen LogP) is 3.32. The van der Waals surface area contributed by atoms with Crippen molar-refractivity contribution >= 4 is 11.8 Å². The van der Waals surface area contributed by atoms with Crippen LogP contribution in [0.1, 0.15) is 33.1 Å². The zero-order valence-corrected chi connectivity index (χ0v) is 14.7. The zero-order valence-electron chi connectivity index (χ0n) is 14.7. The monoisotopic (exact) mass is 365 g/mol. The first kappa shape index (κ1) is 18.1. The largest absolute Gasteiger partial charge is 0.463 e. The van der Waals surface area contributed by atoms with E-state index in [0.717, 1.165) is 0 Å². The van der Waals surface area contributed by atoms with Gasteiger partial charge >= 0.3 is 5.97 Å². The fraction of sp³-hybridized carbons (Fsp3) is 0.150. The molecule has 0 unspecified atom stereocenters. The van der Waals surface area contributed by atoms with Gasteiger partial charge in [0, 0.05) is 5.56 Å². The van der Waals surface area contributed by atoms with Gasteiger partial charge in [0.1, 0.15) is 23.7 Å². The molecule has 0 aliphatic rings. The van der Waals surface area contributed by atoms with Gasteiger partial charge < -0.3 is 14.5 Å². The lowest BCUT2D eigenvalue weighted by molar-refractivity contribution is 0.0563. The second-order valence-electron chi connectivity index (χ2n) is 5.55. The lowest BCUT2D eigenvalue weighted by atomic mass is 10.1. The molecule has 0 saturated heterocycles. The van der Waals surface area contributed by atoms with Crippen LogP contribution in [0.4, 0.5) is 10.2 Å². The molecule has 27 heavy (non-hydrogen) atoms. The minimum Gasteiger partial charge on any atom is -0.463 e. The van der Waals surface area contributed by atoms with Crippen LogP contribution in [0.5, 0.6) is 0 Å². The Balaban J connectivity index is 1.78. The van der Waals surface area contributed by atoms with Gasteiger partial charge in [0.15, 0.2) is 0 Å². The lowest BCUT2D eigenvalue weighted by Crippen LogP contribution is -2.05. The van der Waals surface area contributed by atoms with E-state index in [1.807, 2.05) is 6.92 Å². The van der Waals surface area contributed by atoms with Crippen molar-refractivity contribution in [3.8, 4) is 11.8 Å². The average molecular weight is 365 g/mol. The Morgan fingerprint density at radius 1 is 1.19 bits per heavy atom. The quantitative estimate of drug-likeness (QED) is 0.565. The van der Waals surface area contributed by atoms with Gasteiger partial charge in [-0.1, -0.05) is 11.8 Å². The Kier molecular flexibility index (Phi) is 5.47. The van der Waals surface area contributed by atoms with Crippen LogP contribution in [0, 0.1) is 24.6 Å². The van der Waals surface area contributed by atoms with Crippen LogP contribution in [0.15, 0.2) is 47.1 Å². The molecule has 0 fully saturated rings. The molecular weight excluding hydrogens is 349 g/mol. The van der Waals surface area contributed by atoms with Crippen LogP contribution < -0.4 is 5.32 Å². The number of furan rings is 1. The van der Waals surface area contributed by atoms with Gasteiger partial charge in [-0.2, -0.15) is 0 Å². The summed E-state index contributed by atoms with van der Waals surface area (Å²) in [7, 11) is 1.29. The van der Waals surface area contributed by atoms with Crippen LogP contribution in [-0.4, -0.2) is 23.0 Å². The highest BCUT2D eigenvalue weighted by molar-refractivity contribution is 5.86. The van der Waals surface area contributed by atoms with E-state index in [1.54, 1.807) is 24.3 Å². The molecule has 0 atom stereocenters. The molecule has 0 aliphatic heterocycles. The standard InChI is InChI=1S/C20H16FN3O3/c1-13-17(9-5-14-3-6-15(21)7-4-14)19(24-12-23-13)22-11-16-8-10-18(27-16)20(25)26-2/h3-4,6-8,10,12H,11H2,1-2H3,(H,22,23,24). The molecule has 1 N–H and O–H groups in total.